The summed E-state index contributed by atoms with van der Waals surface area (Å²) < 4.78 is 37.9. The molecule has 1 heterocycles. The third kappa shape index (κ3) is 4.26. The first-order chi connectivity index (χ1) is 12.0. The minimum absolute atomic E-state index is 0.0690. The van der Waals surface area contributed by atoms with Gasteiger partial charge in [-0.3, -0.25) is 4.57 Å². The van der Waals surface area contributed by atoms with Crippen molar-refractivity contribution in [1.82, 2.24) is 9.97 Å². The summed E-state index contributed by atoms with van der Waals surface area (Å²) in [6.07, 6.45) is 0. The Bertz CT molecular complexity index is 741. The Hall–Kier alpha value is -2.19. The zero-order chi connectivity index (χ0) is 18.4. The maximum absolute atomic E-state index is 12.4. The predicted molar refractivity (Wildman–Crippen MR) is 88.2 cm³/mol. The molecule has 1 aromatic heterocycles. The fourth-order valence-electron chi connectivity index (χ4n) is 1.97. The maximum Gasteiger partial charge on any atom is 0.363 e. The van der Waals surface area contributed by atoms with Gasteiger partial charge in [0.15, 0.2) is 5.85 Å². The lowest BCUT2D eigenvalue weighted by Crippen LogP contribution is -2.05. The van der Waals surface area contributed by atoms with E-state index in [9.17, 15) is 9.67 Å². The number of methoxy groups -OCH3 is 2. The van der Waals surface area contributed by atoms with E-state index in [0.717, 1.165) is 0 Å². The molecule has 2 aromatic rings. The molecular formula is C15H19N2O7P. The SMILES string of the molecule is COc1cc(OC)nc(Oc2ccccc2C(O)P(=O)(OC)OC)n1. The second kappa shape index (κ2) is 8.26. The molecule has 1 N–H and O–H groups in total. The van der Waals surface area contributed by atoms with Gasteiger partial charge in [0, 0.05) is 19.8 Å². The highest BCUT2D eigenvalue weighted by Crippen LogP contribution is 2.59. The van der Waals surface area contributed by atoms with Crippen LogP contribution in [-0.4, -0.2) is 43.5 Å². The lowest BCUT2D eigenvalue weighted by Gasteiger charge is -2.21. The van der Waals surface area contributed by atoms with E-state index >= 15 is 0 Å². The van der Waals surface area contributed by atoms with Crippen LogP contribution < -0.4 is 14.2 Å². The van der Waals surface area contributed by atoms with E-state index in [4.69, 9.17) is 23.3 Å². The summed E-state index contributed by atoms with van der Waals surface area (Å²) >= 11 is 0. The van der Waals surface area contributed by atoms with Gasteiger partial charge in [-0.15, -0.1) is 0 Å². The maximum atomic E-state index is 12.4. The molecule has 0 saturated heterocycles. The zero-order valence-corrected chi connectivity index (χ0v) is 15.1. The molecule has 1 atom stereocenters. The van der Waals surface area contributed by atoms with Crippen LogP contribution in [0.2, 0.25) is 0 Å². The summed E-state index contributed by atoms with van der Waals surface area (Å²) in [7, 11) is 1.49. The van der Waals surface area contributed by atoms with Crippen LogP contribution in [0, 0.1) is 0 Å². The number of aliphatic hydroxyl groups is 1. The Morgan fingerprint density at radius 3 is 2.08 bits per heavy atom. The van der Waals surface area contributed by atoms with Gasteiger partial charge in [-0.25, -0.2) is 0 Å². The lowest BCUT2D eigenvalue weighted by molar-refractivity contribution is 0.173. The van der Waals surface area contributed by atoms with Crippen molar-refractivity contribution in [1.29, 1.82) is 0 Å². The summed E-state index contributed by atoms with van der Waals surface area (Å²) in [4.78, 5) is 8.10. The Morgan fingerprint density at radius 2 is 1.56 bits per heavy atom. The van der Waals surface area contributed by atoms with Crippen LogP contribution in [0.5, 0.6) is 23.5 Å². The summed E-state index contributed by atoms with van der Waals surface area (Å²) in [5, 5.41) is 10.4. The number of benzene rings is 1. The zero-order valence-electron chi connectivity index (χ0n) is 14.2. The molecule has 2 rings (SSSR count). The Balaban J connectivity index is 2.41. The quantitative estimate of drug-likeness (QED) is 0.701. The summed E-state index contributed by atoms with van der Waals surface area (Å²) in [6, 6.07) is 7.82. The number of ether oxygens (including phenoxy) is 3. The molecule has 136 valence electrons. The third-order valence-electron chi connectivity index (χ3n) is 3.28. The molecule has 10 heteroatoms. The van der Waals surface area contributed by atoms with E-state index in [-0.39, 0.29) is 29.1 Å². The van der Waals surface area contributed by atoms with Gasteiger partial charge in [0.25, 0.3) is 0 Å². The van der Waals surface area contributed by atoms with Crippen LogP contribution in [0.15, 0.2) is 30.3 Å². The monoisotopic (exact) mass is 370 g/mol. The Morgan fingerprint density at radius 1 is 1.00 bits per heavy atom. The number of hydrogen-bond donors (Lipinski definition) is 1. The molecule has 0 aliphatic carbocycles. The highest BCUT2D eigenvalue weighted by atomic mass is 31.2. The molecule has 0 bridgehead atoms. The van der Waals surface area contributed by atoms with E-state index in [1.165, 1.54) is 40.6 Å². The van der Waals surface area contributed by atoms with Crippen molar-refractivity contribution in [3.05, 3.63) is 35.9 Å². The second-order valence-electron chi connectivity index (χ2n) is 4.65. The molecular weight excluding hydrogens is 351 g/mol. The number of aliphatic hydroxyl groups excluding tert-OH is 1. The van der Waals surface area contributed by atoms with Gasteiger partial charge in [-0.05, 0) is 6.07 Å². The topological polar surface area (TPSA) is 109 Å². The Labute approximate surface area is 145 Å². The van der Waals surface area contributed by atoms with Gasteiger partial charge >= 0.3 is 13.6 Å². The molecule has 0 aliphatic heterocycles. The minimum atomic E-state index is -3.77. The number of nitrogens with zero attached hydrogens (tertiary/aromatic N) is 2. The largest absolute Gasteiger partial charge is 0.481 e. The molecule has 0 fully saturated rings. The van der Waals surface area contributed by atoms with E-state index < -0.39 is 13.4 Å². The van der Waals surface area contributed by atoms with Crippen molar-refractivity contribution in [2.45, 2.75) is 5.85 Å². The number of aromatic nitrogens is 2. The van der Waals surface area contributed by atoms with Crippen LogP contribution in [-0.2, 0) is 13.6 Å². The first-order valence-electron chi connectivity index (χ1n) is 7.10. The molecule has 9 nitrogen and oxygen atoms in total. The summed E-state index contributed by atoms with van der Waals surface area (Å²) in [5.74, 6) is -0.899. The highest BCUT2D eigenvalue weighted by molar-refractivity contribution is 7.54. The standard InChI is InChI=1S/C15H19N2O7P/c1-20-12-9-13(21-2)17-15(16-12)24-11-8-6-5-7-10(11)14(18)25(19,22-3)23-4/h5-9,14,18H,1-4H3. The fraction of sp³-hybridized carbons (Fsp3) is 0.333. The predicted octanol–water partition coefficient (Wildman–Crippen LogP) is 2.76. The number of hydrogen-bond acceptors (Lipinski definition) is 9. The van der Waals surface area contributed by atoms with Gasteiger partial charge in [-0.1, -0.05) is 18.2 Å². The summed E-state index contributed by atoms with van der Waals surface area (Å²) in [5.41, 5.74) is 0.194. The van der Waals surface area contributed by atoms with E-state index in [1.54, 1.807) is 18.2 Å². The fourth-order valence-corrected chi connectivity index (χ4v) is 3.07. The van der Waals surface area contributed by atoms with Gasteiger partial charge in [0.1, 0.15) is 5.75 Å². The van der Waals surface area contributed by atoms with E-state index in [2.05, 4.69) is 9.97 Å². The molecule has 0 radical (unpaired) electrons. The molecule has 0 amide bonds. The van der Waals surface area contributed by atoms with Crippen LogP contribution in [0.3, 0.4) is 0 Å². The van der Waals surface area contributed by atoms with Crippen molar-refractivity contribution < 1.29 is 32.9 Å². The molecule has 0 aliphatic rings. The van der Waals surface area contributed by atoms with Gasteiger partial charge in [0.05, 0.1) is 20.3 Å². The summed E-state index contributed by atoms with van der Waals surface area (Å²) in [6.45, 7) is 0. The number of rotatable bonds is 8. The molecule has 0 saturated carbocycles. The van der Waals surface area contributed by atoms with Crippen molar-refractivity contribution in [3.8, 4) is 23.5 Å². The van der Waals surface area contributed by atoms with Crippen molar-refractivity contribution >= 4 is 7.60 Å². The normalized spacial score (nSPS) is 12.5. The van der Waals surface area contributed by atoms with Gasteiger partial charge in [-0.2, -0.15) is 9.97 Å². The van der Waals surface area contributed by atoms with Crippen molar-refractivity contribution in [2.24, 2.45) is 0 Å². The van der Waals surface area contributed by atoms with E-state index in [0.29, 0.717) is 0 Å². The molecule has 1 aromatic carbocycles. The van der Waals surface area contributed by atoms with E-state index in [1.807, 2.05) is 0 Å². The number of para-hydroxylation sites is 1. The first kappa shape index (κ1) is 19.1. The van der Waals surface area contributed by atoms with Crippen LogP contribution in [0.4, 0.5) is 0 Å². The van der Waals surface area contributed by atoms with Gasteiger partial charge in [0.2, 0.25) is 11.8 Å². The third-order valence-corrected chi connectivity index (χ3v) is 5.18. The molecule has 25 heavy (non-hydrogen) atoms. The molecule has 0 spiro atoms. The Kier molecular flexibility index (Phi) is 6.33. The van der Waals surface area contributed by atoms with Gasteiger partial charge < -0.3 is 28.4 Å². The first-order valence-corrected chi connectivity index (χ1v) is 8.71. The highest BCUT2D eigenvalue weighted by Gasteiger charge is 2.35. The second-order valence-corrected chi connectivity index (χ2v) is 6.95. The average molecular weight is 370 g/mol. The van der Waals surface area contributed by atoms with Crippen LogP contribution in [0.25, 0.3) is 0 Å². The van der Waals surface area contributed by atoms with Crippen LogP contribution >= 0.6 is 7.60 Å². The van der Waals surface area contributed by atoms with Crippen LogP contribution in [0.1, 0.15) is 11.4 Å². The molecule has 1 unspecified atom stereocenters. The van der Waals surface area contributed by atoms with Crippen molar-refractivity contribution in [2.75, 3.05) is 28.4 Å². The average Bonchev–Trinajstić information content (AvgIpc) is 2.66. The van der Waals surface area contributed by atoms with Crippen molar-refractivity contribution in [3.63, 3.8) is 0 Å². The lowest BCUT2D eigenvalue weighted by atomic mass is 10.2. The minimum Gasteiger partial charge on any atom is -0.481 e. The smallest absolute Gasteiger partial charge is 0.363 e.